The van der Waals surface area contributed by atoms with Crippen LogP contribution in [0.4, 0.5) is 0 Å². The van der Waals surface area contributed by atoms with Gasteiger partial charge in [-0.2, -0.15) is 0 Å². The Kier molecular flexibility index (Phi) is 8.76. The van der Waals surface area contributed by atoms with Crippen molar-refractivity contribution in [2.75, 3.05) is 40.3 Å². The number of nitrogens with zero attached hydrogens (tertiary/aromatic N) is 4. The van der Waals surface area contributed by atoms with Gasteiger partial charge in [0.2, 0.25) is 5.91 Å². The summed E-state index contributed by atoms with van der Waals surface area (Å²) in [6.07, 6.45) is 4.04. The summed E-state index contributed by atoms with van der Waals surface area (Å²) >= 11 is 0. The number of rotatable bonds is 9. The van der Waals surface area contributed by atoms with E-state index in [0.29, 0.717) is 18.5 Å². The van der Waals surface area contributed by atoms with Crippen LogP contribution in [0, 0.1) is 0 Å². The second-order valence-corrected chi connectivity index (χ2v) is 7.35. The molecule has 0 bridgehead atoms. The number of carbonyl (C=O) groups is 1. The molecule has 8 heteroatoms. The van der Waals surface area contributed by atoms with E-state index in [4.69, 9.17) is 9.52 Å². The maximum Gasteiger partial charge on any atom is 0.241 e. The summed E-state index contributed by atoms with van der Waals surface area (Å²) in [5, 5.41) is 10.8. The van der Waals surface area contributed by atoms with Crippen LogP contribution >= 0.6 is 0 Å². The molecule has 1 amide bonds. The molecule has 1 saturated heterocycles. The second kappa shape index (κ2) is 11.0. The molecule has 28 heavy (non-hydrogen) atoms. The van der Waals surface area contributed by atoms with E-state index in [1.165, 1.54) is 12.8 Å². The van der Waals surface area contributed by atoms with Crippen LogP contribution in [0.2, 0.25) is 0 Å². The van der Waals surface area contributed by atoms with Crippen molar-refractivity contribution in [2.45, 2.75) is 59.0 Å². The quantitative estimate of drug-likeness (QED) is 0.488. The highest BCUT2D eigenvalue weighted by Gasteiger charge is 2.23. The van der Waals surface area contributed by atoms with Crippen molar-refractivity contribution in [2.24, 2.45) is 4.99 Å². The van der Waals surface area contributed by atoms with Crippen molar-refractivity contribution in [1.82, 2.24) is 25.6 Å². The predicted octanol–water partition coefficient (Wildman–Crippen LogP) is 1.41. The summed E-state index contributed by atoms with van der Waals surface area (Å²) in [6, 6.07) is 0.509. The average molecular weight is 393 g/mol. The summed E-state index contributed by atoms with van der Waals surface area (Å²) in [5.41, 5.74) is 2.01. The molecule has 8 nitrogen and oxygen atoms in total. The molecule has 158 valence electrons. The Morgan fingerprint density at radius 2 is 2.07 bits per heavy atom. The highest BCUT2D eigenvalue weighted by atomic mass is 16.5. The van der Waals surface area contributed by atoms with Gasteiger partial charge in [0, 0.05) is 38.7 Å². The van der Waals surface area contributed by atoms with Crippen LogP contribution in [0.3, 0.4) is 0 Å². The maximum atomic E-state index is 12.0. The molecule has 0 radical (unpaired) electrons. The fraction of sp³-hybridized carbons (Fsp3) is 0.750. The minimum atomic E-state index is 0.0130. The molecule has 1 aromatic heterocycles. The highest BCUT2D eigenvalue weighted by molar-refractivity contribution is 5.86. The van der Waals surface area contributed by atoms with Gasteiger partial charge in [0.1, 0.15) is 5.76 Å². The lowest BCUT2D eigenvalue weighted by atomic mass is 10.1. The maximum absolute atomic E-state index is 12.0. The zero-order chi connectivity index (χ0) is 20.5. The van der Waals surface area contributed by atoms with Gasteiger partial charge in [0.25, 0.3) is 0 Å². The summed E-state index contributed by atoms with van der Waals surface area (Å²) in [5.74, 6) is 1.56. The zero-order valence-corrected chi connectivity index (χ0v) is 18.0. The Bertz CT molecular complexity index is 634. The monoisotopic (exact) mass is 392 g/mol. The van der Waals surface area contributed by atoms with E-state index in [2.05, 4.69) is 41.5 Å². The lowest BCUT2D eigenvalue weighted by Crippen LogP contribution is -2.47. The van der Waals surface area contributed by atoms with E-state index in [1.54, 1.807) is 19.0 Å². The minimum absolute atomic E-state index is 0.0130. The van der Waals surface area contributed by atoms with E-state index in [9.17, 15) is 4.79 Å². The van der Waals surface area contributed by atoms with Gasteiger partial charge in [-0.25, -0.2) is 4.99 Å². The van der Waals surface area contributed by atoms with Gasteiger partial charge < -0.3 is 20.1 Å². The molecule has 2 heterocycles. The fourth-order valence-electron chi connectivity index (χ4n) is 3.52. The summed E-state index contributed by atoms with van der Waals surface area (Å²) < 4.78 is 5.44. The van der Waals surface area contributed by atoms with Crippen LogP contribution < -0.4 is 10.6 Å². The van der Waals surface area contributed by atoms with E-state index in [1.807, 2.05) is 0 Å². The molecular formula is C20H36N6O2. The molecule has 0 aromatic carbocycles. The first-order chi connectivity index (χ1) is 13.5. The number of amides is 1. The van der Waals surface area contributed by atoms with Gasteiger partial charge in [-0.15, -0.1) is 0 Å². The lowest BCUT2D eigenvalue weighted by Gasteiger charge is -2.24. The SMILES string of the molecule is CCc1noc(CC)c1CN=C(NCC(=O)N(C)C)NCC1CCCN1CC. The van der Waals surface area contributed by atoms with E-state index < -0.39 is 0 Å². The van der Waals surface area contributed by atoms with Crippen LogP contribution in [-0.2, 0) is 24.2 Å². The fourth-order valence-corrected chi connectivity index (χ4v) is 3.52. The van der Waals surface area contributed by atoms with Gasteiger partial charge in [-0.3, -0.25) is 9.69 Å². The standard InChI is InChI=1S/C20H36N6O2/c1-6-17-16(18(7-2)28-24-17)13-22-20(23-14-19(27)25(4)5)21-12-15-10-9-11-26(15)8-3/h15H,6-14H2,1-5H3,(H2,21,22,23). The van der Waals surface area contributed by atoms with Crippen LogP contribution in [-0.4, -0.2) is 73.1 Å². The van der Waals surface area contributed by atoms with Crippen molar-refractivity contribution in [1.29, 1.82) is 0 Å². The normalized spacial score (nSPS) is 17.8. The van der Waals surface area contributed by atoms with Crippen LogP contribution in [0.15, 0.2) is 9.52 Å². The van der Waals surface area contributed by atoms with Gasteiger partial charge in [0.05, 0.1) is 18.8 Å². The van der Waals surface area contributed by atoms with E-state index >= 15 is 0 Å². The van der Waals surface area contributed by atoms with E-state index in [0.717, 1.165) is 49.5 Å². The molecular weight excluding hydrogens is 356 g/mol. The van der Waals surface area contributed by atoms with Gasteiger partial charge in [-0.05, 0) is 32.4 Å². The lowest BCUT2D eigenvalue weighted by molar-refractivity contribution is -0.127. The number of likely N-dealkylation sites (tertiary alicyclic amines) is 1. The highest BCUT2D eigenvalue weighted by Crippen LogP contribution is 2.17. The third-order valence-corrected chi connectivity index (χ3v) is 5.32. The number of hydrogen-bond acceptors (Lipinski definition) is 5. The van der Waals surface area contributed by atoms with Gasteiger partial charge in [0.15, 0.2) is 5.96 Å². The van der Waals surface area contributed by atoms with Gasteiger partial charge >= 0.3 is 0 Å². The smallest absolute Gasteiger partial charge is 0.241 e. The molecule has 2 rings (SSSR count). The second-order valence-electron chi connectivity index (χ2n) is 7.35. The number of likely N-dealkylation sites (N-methyl/N-ethyl adjacent to an activating group) is 2. The molecule has 1 atom stereocenters. The third-order valence-electron chi connectivity index (χ3n) is 5.32. The number of guanidine groups is 1. The van der Waals surface area contributed by atoms with Gasteiger partial charge in [-0.1, -0.05) is 25.9 Å². The largest absolute Gasteiger partial charge is 0.361 e. The summed E-state index contributed by atoms with van der Waals surface area (Å²) in [4.78, 5) is 20.8. The van der Waals surface area contributed by atoms with E-state index in [-0.39, 0.29) is 12.5 Å². The zero-order valence-electron chi connectivity index (χ0n) is 18.0. The predicted molar refractivity (Wildman–Crippen MR) is 111 cm³/mol. The third kappa shape index (κ3) is 5.95. The molecule has 1 aliphatic heterocycles. The average Bonchev–Trinajstić information content (AvgIpc) is 3.32. The molecule has 1 fully saturated rings. The number of aromatic nitrogens is 1. The van der Waals surface area contributed by atoms with Crippen molar-refractivity contribution in [3.05, 3.63) is 17.0 Å². The number of carbonyl (C=O) groups excluding carboxylic acids is 1. The number of nitrogens with one attached hydrogen (secondary N) is 2. The molecule has 0 spiro atoms. The summed E-state index contributed by atoms with van der Waals surface area (Å²) in [6.45, 7) is 10.1. The van der Waals surface area contributed by atoms with Crippen molar-refractivity contribution in [3.63, 3.8) is 0 Å². The Morgan fingerprint density at radius 1 is 1.29 bits per heavy atom. The molecule has 0 saturated carbocycles. The molecule has 1 aromatic rings. The van der Waals surface area contributed by atoms with Crippen LogP contribution in [0.1, 0.15) is 50.6 Å². The first kappa shape index (κ1) is 22.2. The van der Waals surface area contributed by atoms with Crippen LogP contribution in [0.5, 0.6) is 0 Å². The number of aryl methyl sites for hydroxylation is 2. The Morgan fingerprint density at radius 3 is 2.71 bits per heavy atom. The first-order valence-corrected chi connectivity index (χ1v) is 10.4. The topological polar surface area (TPSA) is 86.0 Å². The Balaban J connectivity index is 2.07. The first-order valence-electron chi connectivity index (χ1n) is 10.4. The number of aliphatic imine (C=N–C) groups is 1. The van der Waals surface area contributed by atoms with Crippen molar-refractivity contribution in [3.8, 4) is 0 Å². The number of hydrogen-bond donors (Lipinski definition) is 2. The van der Waals surface area contributed by atoms with Crippen molar-refractivity contribution >= 4 is 11.9 Å². The summed E-state index contributed by atoms with van der Waals surface area (Å²) in [7, 11) is 3.51. The molecule has 1 unspecified atom stereocenters. The van der Waals surface area contributed by atoms with Crippen LogP contribution in [0.25, 0.3) is 0 Å². The molecule has 2 N–H and O–H groups in total. The molecule has 0 aliphatic carbocycles. The van der Waals surface area contributed by atoms with Crippen molar-refractivity contribution < 1.29 is 9.32 Å². The Labute approximate surface area is 168 Å². The Hall–Kier alpha value is -2.09. The molecule has 1 aliphatic rings. The minimum Gasteiger partial charge on any atom is -0.361 e.